The van der Waals surface area contributed by atoms with Crippen LogP contribution in [0.3, 0.4) is 0 Å². The van der Waals surface area contributed by atoms with Crippen molar-refractivity contribution in [2.75, 3.05) is 6.61 Å². The summed E-state index contributed by atoms with van der Waals surface area (Å²) < 4.78 is 29.6. The van der Waals surface area contributed by atoms with E-state index in [1.54, 1.807) is 24.3 Å². The topological polar surface area (TPSA) is 84.5 Å². The van der Waals surface area contributed by atoms with Crippen LogP contribution in [0.25, 0.3) is 0 Å². The number of ether oxygens (including phenoxy) is 1. The lowest BCUT2D eigenvalue weighted by atomic mass is 10.1. The van der Waals surface area contributed by atoms with Crippen LogP contribution in [0.1, 0.15) is 24.5 Å². The molecule has 0 aromatic heterocycles. The number of hydrazine groups is 1. The van der Waals surface area contributed by atoms with Gasteiger partial charge in [-0.25, -0.2) is 8.42 Å². The van der Waals surface area contributed by atoms with Crippen molar-refractivity contribution >= 4 is 15.9 Å². The maximum atomic E-state index is 12.2. The van der Waals surface area contributed by atoms with E-state index >= 15 is 0 Å². The standard InChI is InChI=1S/C18H22N2O4S/c1-3-5-15-8-10-17(11-9-15)25(22,23)20-19-18(21)13-24-16-7-4-6-14(2)12-16/h4,6-12,20H,3,5,13H2,1-2H3,(H,19,21). The second kappa shape index (κ2) is 8.64. The second-order valence-corrected chi connectivity index (χ2v) is 7.34. The molecule has 134 valence electrons. The van der Waals surface area contributed by atoms with Crippen LogP contribution in [0.4, 0.5) is 0 Å². The number of benzene rings is 2. The van der Waals surface area contributed by atoms with E-state index in [1.165, 1.54) is 12.1 Å². The molecule has 2 aromatic carbocycles. The largest absolute Gasteiger partial charge is 0.484 e. The Labute approximate surface area is 148 Å². The molecule has 0 aliphatic rings. The summed E-state index contributed by atoms with van der Waals surface area (Å²) >= 11 is 0. The minimum absolute atomic E-state index is 0.0901. The first-order valence-electron chi connectivity index (χ1n) is 8.00. The van der Waals surface area contributed by atoms with Crippen molar-refractivity contribution in [3.8, 4) is 5.75 Å². The van der Waals surface area contributed by atoms with E-state index in [-0.39, 0.29) is 11.5 Å². The van der Waals surface area contributed by atoms with Gasteiger partial charge < -0.3 is 4.74 Å². The van der Waals surface area contributed by atoms with Gasteiger partial charge >= 0.3 is 0 Å². The molecule has 7 heteroatoms. The Morgan fingerprint density at radius 2 is 1.84 bits per heavy atom. The van der Waals surface area contributed by atoms with Gasteiger partial charge in [0.2, 0.25) is 0 Å². The number of rotatable bonds is 8. The fourth-order valence-corrected chi connectivity index (χ4v) is 3.06. The van der Waals surface area contributed by atoms with Crippen molar-refractivity contribution < 1.29 is 17.9 Å². The Balaban J connectivity index is 1.87. The number of sulfonamides is 1. The van der Waals surface area contributed by atoms with E-state index in [0.717, 1.165) is 24.0 Å². The van der Waals surface area contributed by atoms with Gasteiger partial charge in [-0.15, -0.1) is 4.83 Å². The van der Waals surface area contributed by atoms with Crippen LogP contribution >= 0.6 is 0 Å². The molecular weight excluding hydrogens is 340 g/mol. The Hall–Kier alpha value is -2.38. The third-order valence-electron chi connectivity index (χ3n) is 3.46. The number of nitrogens with one attached hydrogen (secondary N) is 2. The molecule has 25 heavy (non-hydrogen) atoms. The Morgan fingerprint density at radius 1 is 1.12 bits per heavy atom. The quantitative estimate of drug-likeness (QED) is 0.706. The van der Waals surface area contributed by atoms with Gasteiger partial charge in [-0.05, 0) is 48.7 Å². The summed E-state index contributed by atoms with van der Waals surface area (Å²) in [5.41, 5.74) is 4.22. The van der Waals surface area contributed by atoms with E-state index in [4.69, 9.17) is 4.74 Å². The van der Waals surface area contributed by atoms with Gasteiger partial charge in [-0.1, -0.05) is 37.6 Å². The fourth-order valence-electron chi connectivity index (χ4n) is 2.20. The lowest BCUT2D eigenvalue weighted by Crippen LogP contribution is -2.43. The predicted octanol–water partition coefficient (Wildman–Crippen LogP) is 2.34. The highest BCUT2D eigenvalue weighted by atomic mass is 32.2. The molecule has 0 aliphatic carbocycles. The monoisotopic (exact) mass is 362 g/mol. The van der Waals surface area contributed by atoms with E-state index in [1.807, 2.05) is 19.1 Å². The van der Waals surface area contributed by atoms with Gasteiger partial charge in [0.25, 0.3) is 15.9 Å². The first kappa shape index (κ1) is 19.0. The molecule has 2 rings (SSSR count). The maximum absolute atomic E-state index is 12.2. The normalized spacial score (nSPS) is 11.1. The van der Waals surface area contributed by atoms with Gasteiger partial charge in [-0.3, -0.25) is 10.2 Å². The fraction of sp³-hybridized carbons (Fsp3) is 0.278. The average molecular weight is 362 g/mol. The maximum Gasteiger partial charge on any atom is 0.272 e. The molecule has 0 aliphatic heterocycles. The van der Waals surface area contributed by atoms with Gasteiger partial charge in [-0.2, -0.15) is 0 Å². The molecule has 0 saturated heterocycles. The van der Waals surface area contributed by atoms with Gasteiger partial charge in [0.05, 0.1) is 4.90 Å². The summed E-state index contributed by atoms with van der Waals surface area (Å²) in [4.78, 5) is 13.9. The Bertz CT molecular complexity index is 817. The molecule has 0 radical (unpaired) electrons. The van der Waals surface area contributed by atoms with E-state index in [0.29, 0.717) is 5.75 Å². The summed E-state index contributed by atoms with van der Waals surface area (Å²) in [6.45, 7) is 3.68. The van der Waals surface area contributed by atoms with Crippen molar-refractivity contribution in [3.05, 3.63) is 59.7 Å². The van der Waals surface area contributed by atoms with Crippen molar-refractivity contribution in [3.63, 3.8) is 0 Å². The molecule has 2 N–H and O–H groups in total. The highest BCUT2D eigenvalue weighted by molar-refractivity contribution is 7.89. The van der Waals surface area contributed by atoms with Crippen LogP contribution in [0, 0.1) is 6.92 Å². The summed E-state index contributed by atoms with van der Waals surface area (Å²) in [5, 5.41) is 0. The van der Waals surface area contributed by atoms with Crippen molar-refractivity contribution in [2.45, 2.75) is 31.6 Å². The predicted molar refractivity (Wildman–Crippen MR) is 95.6 cm³/mol. The smallest absolute Gasteiger partial charge is 0.272 e. The zero-order valence-electron chi connectivity index (χ0n) is 14.3. The first-order valence-corrected chi connectivity index (χ1v) is 9.48. The van der Waals surface area contributed by atoms with E-state index in [2.05, 4.69) is 17.2 Å². The van der Waals surface area contributed by atoms with Gasteiger partial charge in [0, 0.05) is 0 Å². The van der Waals surface area contributed by atoms with Crippen molar-refractivity contribution in [2.24, 2.45) is 0 Å². The van der Waals surface area contributed by atoms with Crippen LogP contribution in [0.2, 0.25) is 0 Å². The SMILES string of the molecule is CCCc1ccc(S(=O)(=O)NNC(=O)COc2cccc(C)c2)cc1. The summed E-state index contributed by atoms with van der Waals surface area (Å²) in [7, 11) is -3.81. The van der Waals surface area contributed by atoms with Crippen LogP contribution in [0.5, 0.6) is 5.75 Å². The van der Waals surface area contributed by atoms with Crippen molar-refractivity contribution in [1.29, 1.82) is 0 Å². The van der Waals surface area contributed by atoms with Gasteiger partial charge in [0.1, 0.15) is 5.75 Å². The second-order valence-electron chi connectivity index (χ2n) is 5.65. The van der Waals surface area contributed by atoms with E-state index in [9.17, 15) is 13.2 Å². The molecule has 6 nitrogen and oxygen atoms in total. The van der Waals surface area contributed by atoms with E-state index < -0.39 is 15.9 Å². The molecule has 0 atom stereocenters. The molecule has 0 fully saturated rings. The molecule has 0 saturated carbocycles. The number of carbonyl (C=O) groups excluding carboxylic acids is 1. The average Bonchev–Trinajstić information content (AvgIpc) is 2.59. The third kappa shape index (κ3) is 5.88. The minimum Gasteiger partial charge on any atom is -0.484 e. The molecular formula is C18H22N2O4S. The zero-order valence-corrected chi connectivity index (χ0v) is 15.1. The number of aryl methyl sites for hydroxylation is 2. The van der Waals surface area contributed by atoms with Gasteiger partial charge in [0.15, 0.2) is 6.61 Å². The van der Waals surface area contributed by atoms with Crippen LogP contribution in [-0.4, -0.2) is 20.9 Å². The summed E-state index contributed by atoms with van der Waals surface area (Å²) in [6.07, 6.45) is 1.88. The summed E-state index contributed by atoms with van der Waals surface area (Å²) in [5.74, 6) is -0.0443. The first-order chi connectivity index (χ1) is 11.9. The van der Waals surface area contributed by atoms with Crippen molar-refractivity contribution in [1.82, 2.24) is 10.3 Å². The Kier molecular flexibility index (Phi) is 6.55. The molecule has 0 heterocycles. The van der Waals surface area contributed by atoms with Crippen LogP contribution in [0.15, 0.2) is 53.4 Å². The molecule has 0 unspecified atom stereocenters. The number of hydrogen-bond donors (Lipinski definition) is 2. The summed E-state index contributed by atoms with van der Waals surface area (Å²) in [6, 6.07) is 13.8. The molecule has 2 aromatic rings. The Morgan fingerprint density at radius 3 is 2.48 bits per heavy atom. The molecule has 0 bridgehead atoms. The highest BCUT2D eigenvalue weighted by Crippen LogP contribution is 2.12. The molecule has 0 spiro atoms. The van der Waals surface area contributed by atoms with Crippen LogP contribution in [-0.2, 0) is 21.2 Å². The molecule has 1 amide bonds. The zero-order chi connectivity index (χ0) is 18.3. The number of hydrogen-bond acceptors (Lipinski definition) is 4. The number of amides is 1. The lowest BCUT2D eigenvalue weighted by Gasteiger charge is -2.10. The van der Waals surface area contributed by atoms with Crippen LogP contribution < -0.4 is 15.0 Å². The third-order valence-corrected chi connectivity index (χ3v) is 4.72. The minimum atomic E-state index is -3.81. The highest BCUT2D eigenvalue weighted by Gasteiger charge is 2.15. The number of carbonyl (C=O) groups is 1. The lowest BCUT2D eigenvalue weighted by molar-refractivity contribution is -0.123.